The van der Waals surface area contributed by atoms with E-state index in [4.69, 9.17) is 4.74 Å². The molecule has 1 aliphatic rings. The fourth-order valence-electron chi connectivity index (χ4n) is 1.68. The van der Waals surface area contributed by atoms with Crippen molar-refractivity contribution in [2.75, 3.05) is 13.2 Å². The smallest absolute Gasteiger partial charge is 0.271 e. The largest absolute Gasteiger partial charge is 0.376 e. The van der Waals surface area contributed by atoms with Crippen LogP contribution in [0.15, 0.2) is 18.6 Å². The van der Waals surface area contributed by atoms with E-state index in [1.807, 2.05) is 0 Å². The van der Waals surface area contributed by atoms with E-state index >= 15 is 0 Å². The Morgan fingerprint density at radius 2 is 2.44 bits per heavy atom. The monoisotopic (exact) mass is 221 g/mol. The normalized spacial score (nSPS) is 20.4. The highest BCUT2D eigenvalue weighted by atomic mass is 16.5. The highest BCUT2D eigenvalue weighted by Crippen LogP contribution is 2.11. The lowest BCUT2D eigenvalue weighted by atomic mass is 10.1. The van der Waals surface area contributed by atoms with E-state index in [-0.39, 0.29) is 12.0 Å². The van der Waals surface area contributed by atoms with Gasteiger partial charge in [-0.15, -0.1) is 0 Å². The predicted octanol–water partition coefficient (Wildman–Crippen LogP) is 0.775. The summed E-state index contributed by atoms with van der Waals surface area (Å²) in [5.41, 5.74) is 0.346. The second kappa shape index (κ2) is 5.55. The number of ether oxygens (including phenoxy) is 1. The summed E-state index contributed by atoms with van der Waals surface area (Å²) in [5.74, 6) is -0.192. The molecular weight excluding hydrogens is 206 g/mol. The van der Waals surface area contributed by atoms with Crippen molar-refractivity contribution in [3.05, 3.63) is 24.3 Å². The van der Waals surface area contributed by atoms with Crippen LogP contribution in [0.2, 0.25) is 0 Å². The molecule has 86 valence electrons. The van der Waals surface area contributed by atoms with Gasteiger partial charge in [-0.3, -0.25) is 9.78 Å². The Hall–Kier alpha value is -1.49. The summed E-state index contributed by atoms with van der Waals surface area (Å²) in [6.07, 6.45) is 7.96. The minimum absolute atomic E-state index is 0.148. The molecule has 0 aliphatic carbocycles. The number of hydrogen-bond donors (Lipinski definition) is 1. The summed E-state index contributed by atoms with van der Waals surface area (Å²) < 4.78 is 5.51. The van der Waals surface area contributed by atoms with E-state index in [0.717, 1.165) is 19.4 Å². The van der Waals surface area contributed by atoms with Crippen molar-refractivity contribution in [2.24, 2.45) is 0 Å². The van der Waals surface area contributed by atoms with E-state index in [1.165, 1.54) is 18.8 Å². The third kappa shape index (κ3) is 3.00. The Labute approximate surface area is 94.2 Å². The van der Waals surface area contributed by atoms with Crippen LogP contribution < -0.4 is 5.32 Å². The molecule has 1 amide bonds. The van der Waals surface area contributed by atoms with Crippen molar-refractivity contribution >= 4 is 5.91 Å². The lowest BCUT2D eigenvalue weighted by molar-refractivity contribution is 0.0168. The van der Waals surface area contributed by atoms with Crippen LogP contribution in [0.4, 0.5) is 0 Å². The van der Waals surface area contributed by atoms with E-state index < -0.39 is 0 Å². The second-order valence-corrected chi connectivity index (χ2v) is 3.79. The summed E-state index contributed by atoms with van der Waals surface area (Å²) in [6.45, 7) is 1.35. The minimum Gasteiger partial charge on any atom is -0.376 e. The number of hydrogen-bond acceptors (Lipinski definition) is 4. The maximum absolute atomic E-state index is 11.6. The topological polar surface area (TPSA) is 64.1 Å². The van der Waals surface area contributed by atoms with Gasteiger partial charge in [-0.1, -0.05) is 0 Å². The van der Waals surface area contributed by atoms with Crippen LogP contribution in [0.1, 0.15) is 29.8 Å². The Morgan fingerprint density at radius 3 is 3.12 bits per heavy atom. The first-order valence-electron chi connectivity index (χ1n) is 5.52. The van der Waals surface area contributed by atoms with Gasteiger partial charge in [0.1, 0.15) is 5.69 Å². The van der Waals surface area contributed by atoms with E-state index in [0.29, 0.717) is 12.2 Å². The molecule has 16 heavy (non-hydrogen) atoms. The molecule has 0 bridgehead atoms. The fourth-order valence-corrected chi connectivity index (χ4v) is 1.68. The number of amides is 1. The van der Waals surface area contributed by atoms with Gasteiger partial charge >= 0.3 is 0 Å². The summed E-state index contributed by atoms with van der Waals surface area (Å²) in [4.78, 5) is 19.4. The third-order valence-corrected chi connectivity index (χ3v) is 2.56. The van der Waals surface area contributed by atoms with Crippen molar-refractivity contribution in [3.63, 3.8) is 0 Å². The SMILES string of the molecule is O=C(NCC1CCCCO1)c1cnccn1. The van der Waals surface area contributed by atoms with Crippen molar-refractivity contribution in [1.82, 2.24) is 15.3 Å². The Balaban J connectivity index is 1.79. The van der Waals surface area contributed by atoms with E-state index in [9.17, 15) is 4.79 Å². The molecule has 1 aromatic heterocycles. The van der Waals surface area contributed by atoms with Crippen molar-refractivity contribution < 1.29 is 9.53 Å². The molecule has 1 aromatic rings. The number of carbonyl (C=O) groups excluding carboxylic acids is 1. The van der Waals surface area contributed by atoms with Gasteiger partial charge in [0, 0.05) is 25.5 Å². The highest BCUT2D eigenvalue weighted by Gasteiger charge is 2.15. The summed E-state index contributed by atoms with van der Waals surface area (Å²) in [6, 6.07) is 0. The summed E-state index contributed by atoms with van der Waals surface area (Å²) in [5, 5.41) is 2.80. The number of nitrogens with zero attached hydrogens (tertiary/aromatic N) is 2. The molecule has 2 rings (SSSR count). The van der Waals surface area contributed by atoms with Crippen LogP contribution >= 0.6 is 0 Å². The number of rotatable bonds is 3. The van der Waals surface area contributed by atoms with Crippen LogP contribution in [0.5, 0.6) is 0 Å². The van der Waals surface area contributed by atoms with Crippen LogP contribution in [0, 0.1) is 0 Å². The molecule has 0 aromatic carbocycles. The molecule has 1 fully saturated rings. The van der Waals surface area contributed by atoms with Gasteiger partial charge in [-0.25, -0.2) is 4.98 Å². The number of nitrogens with one attached hydrogen (secondary N) is 1. The van der Waals surface area contributed by atoms with Gasteiger partial charge in [0.25, 0.3) is 5.91 Å². The van der Waals surface area contributed by atoms with Gasteiger partial charge in [0.05, 0.1) is 12.3 Å². The zero-order valence-electron chi connectivity index (χ0n) is 9.06. The quantitative estimate of drug-likeness (QED) is 0.819. The molecule has 1 N–H and O–H groups in total. The minimum atomic E-state index is -0.192. The first-order valence-corrected chi connectivity index (χ1v) is 5.52. The lowest BCUT2D eigenvalue weighted by Crippen LogP contribution is -2.35. The predicted molar refractivity (Wildman–Crippen MR) is 58.0 cm³/mol. The van der Waals surface area contributed by atoms with Gasteiger partial charge < -0.3 is 10.1 Å². The first-order chi connectivity index (χ1) is 7.86. The average Bonchev–Trinajstić information content (AvgIpc) is 2.38. The Morgan fingerprint density at radius 1 is 1.50 bits per heavy atom. The molecule has 2 heterocycles. The lowest BCUT2D eigenvalue weighted by Gasteiger charge is -2.22. The molecule has 0 saturated carbocycles. The maximum Gasteiger partial charge on any atom is 0.271 e. The zero-order valence-corrected chi connectivity index (χ0v) is 9.06. The molecule has 1 atom stereocenters. The van der Waals surface area contributed by atoms with Crippen molar-refractivity contribution in [1.29, 1.82) is 0 Å². The van der Waals surface area contributed by atoms with Gasteiger partial charge in [0.15, 0.2) is 0 Å². The number of aromatic nitrogens is 2. The van der Waals surface area contributed by atoms with Gasteiger partial charge in [-0.05, 0) is 19.3 Å². The molecule has 0 radical (unpaired) electrons. The zero-order chi connectivity index (χ0) is 11.2. The van der Waals surface area contributed by atoms with Gasteiger partial charge in [0.2, 0.25) is 0 Å². The molecule has 5 heteroatoms. The van der Waals surface area contributed by atoms with Crippen LogP contribution in [0.25, 0.3) is 0 Å². The van der Waals surface area contributed by atoms with Crippen LogP contribution in [0.3, 0.4) is 0 Å². The molecule has 1 saturated heterocycles. The fraction of sp³-hybridized carbons (Fsp3) is 0.545. The first kappa shape index (κ1) is 11.0. The highest BCUT2D eigenvalue weighted by molar-refractivity contribution is 5.91. The summed E-state index contributed by atoms with van der Waals surface area (Å²) >= 11 is 0. The van der Waals surface area contributed by atoms with Crippen LogP contribution in [-0.4, -0.2) is 35.1 Å². The standard InChI is InChI=1S/C11H15N3O2/c15-11(10-8-12-4-5-13-10)14-7-9-3-1-2-6-16-9/h4-5,8-9H,1-3,6-7H2,(H,14,15). The molecule has 5 nitrogen and oxygen atoms in total. The van der Waals surface area contributed by atoms with E-state index in [1.54, 1.807) is 6.20 Å². The summed E-state index contributed by atoms with van der Waals surface area (Å²) in [7, 11) is 0. The molecule has 0 spiro atoms. The average molecular weight is 221 g/mol. The van der Waals surface area contributed by atoms with Crippen LogP contribution in [-0.2, 0) is 4.74 Å². The maximum atomic E-state index is 11.6. The van der Waals surface area contributed by atoms with Crippen molar-refractivity contribution in [2.45, 2.75) is 25.4 Å². The third-order valence-electron chi connectivity index (χ3n) is 2.56. The Kier molecular flexibility index (Phi) is 3.82. The molecule has 1 aliphatic heterocycles. The van der Waals surface area contributed by atoms with E-state index in [2.05, 4.69) is 15.3 Å². The number of carbonyl (C=O) groups is 1. The molecule has 1 unspecified atom stereocenters. The van der Waals surface area contributed by atoms with Crippen molar-refractivity contribution in [3.8, 4) is 0 Å². The van der Waals surface area contributed by atoms with Gasteiger partial charge in [-0.2, -0.15) is 0 Å². The molecular formula is C11H15N3O2. The second-order valence-electron chi connectivity index (χ2n) is 3.79. The Bertz CT molecular complexity index is 336.